The fraction of sp³-hybridized carbons (Fsp3) is 0.333. The van der Waals surface area contributed by atoms with E-state index in [1.165, 1.54) is 0 Å². The molecule has 0 saturated heterocycles. The number of amides is 1. The molecular formula is C12H14BrNO4. The molecule has 0 heterocycles. The topological polar surface area (TPSA) is 75.6 Å². The molecule has 1 aromatic carbocycles. The van der Waals surface area contributed by atoms with Gasteiger partial charge in [-0.1, -0.05) is 46.3 Å². The zero-order valence-electron chi connectivity index (χ0n) is 9.64. The first-order valence-electron chi connectivity index (χ1n) is 5.33. The zero-order chi connectivity index (χ0) is 13.4. The molecule has 1 unspecified atom stereocenters. The number of carboxylic acid groups (broad SMARTS) is 1. The highest BCUT2D eigenvalue weighted by atomic mass is 79.9. The van der Waals surface area contributed by atoms with Gasteiger partial charge in [-0.3, -0.25) is 4.79 Å². The smallest absolute Gasteiger partial charge is 0.328 e. The van der Waals surface area contributed by atoms with Crippen LogP contribution in [0.1, 0.15) is 5.56 Å². The summed E-state index contributed by atoms with van der Waals surface area (Å²) in [6, 6.07) is 8.37. The van der Waals surface area contributed by atoms with Gasteiger partial charge in [0.1, 0.15) is 0 Å². The van der Waals surface area contributed by atoms with Crippen LogP contribution in [-0.4, -0.2) is 35.0 Å². The Hall–Kier alpha value is -1.40. The maximum absolute atomic E-state index is 11.1. The van der Waals surface area contributed by atoms with Crippen molar-refractivity contribution in [1.82, 2.24) is 5.32 Å². The van der Waals surface area contributed by atoms with Crippen LogP contribution in [0, 0.1) is 0 Å². The van der Waals surface area contributed by atoms with Crippen LogP contribution in [-0.2, 0) is 20.9 Å². The van der Waals surface area contributed by atoms with Crippen molar-refractivity contribution in [3.05, 3.63) is 35.9 Å². The fourth-order valence-corrected chi connectivity index (χ4v) is 1.44. The first-order valence-corrected chi connectivity index (χ1v) is 6.45. The number of alkyl halides is 1. The van der Waals surface area contributed by atoms with Gasteiger partial charge in [-0.15, -0.1) is 0 Å². The van der Waals surface area contributed by atoms with Gasteiger partial charge >= 0.3 is 5.97 Å². The summed E-state index contributed by atoms with van der Waals surface area (Å²) in [5.41, 5.74) is 0.952. The molecule has 0 aliphatic carbocycles. The van der Waals surface area contributed by atoms with Gasteiger partial charge in [-0.05, 0) is 5.56 Å². The Morgan fingerprint density at radius 1 is 1.33 bits per heavy atom. The standard InChI is InChI=1S/C12H14BrNO4/c13-6-11(15)14-10(12(16)17)8-18-7-9-4-2-1-3-5-9/h1-5,10H,6-8H2,(H,14,15)(H,16,17). The van der Waals surface area contributed by atoms with Gasteiger partial charge in [0.05, 0.1) is 18.5 Å². The Balaban J connectivity index is 2.38. The van der Waals surface area contributed by atoms with E-state index in [1.54, 1.807) is 0 Å². The first kappa shape index (κ1) is 14.7. The summed E-state index contributed by atoms with van der Waals surface area (Å²) < 4.78 is 5.28. The molecule has 18 heavy (non-hydrogen) atoms. The molecule has 1 atom stereocenters. The van der Waals surface area contributed by atoms with Gasteiger partial charge in [-0.25, -0.2) is 4.79 Å². The van der Waals surface area contributed by atoms with Gasteiger partial charge in [-0.2, -0.15) is 0 Å². The molecule has 0 saturated carbocycles. The molecule has 5 nitrogen and oxygen atoms in total. The largest absolute Gasteiger partial charge is 0.480 e. The maximum atomic E-state index is 11.1. The third-order valence-electron chi connectivity index (χ3n) is 2.15. The number of benzene rings is 1. The molecule has 0 aromatic heterocycles. The van der Waals surface area contributed by atoms with Crippen molar-refractivity contribution in [1.29, 1.82) is 0 Å². The van der Waals surface area contributed by atoms with E-state index in [4.69, 9.17) is 9.84 Å². The second-order valence-corrected chi connectivity index (χ2v) is 4.15. The lowest BCUT2D eigenvalue weighted by Crippen LogP contribution is -2.44. The lowest BCUT2D eigenvalue weighted by Gasteiger charge is -2.14. The van der Waals surface area contributed by atoms with E-state index in [2.05, 4.69) is 21.2 Å². The van der Waals surface area contributed by atoms with Crippen molar-refractivity contribution < 1.29 is 19.4 Å². The Morgan fingerprint density at radius 3 is 2.56 bits per heavy atom. The predicted octanol–water partition coefficient (Wildman–Crippen LogP) is 1.17. The van der Waals surface area contributed by atoms with E-state index in [1.807, 2.05) is 30.3 Å². The van der Waals surface area contributed by atoms with Crippen molar-refractivity contribution in [3.8, 4) is 0 Å². The third kappa shape index (κ3) is 5.29. The van der Waals surface area contributed by atoms with Crippen molar-refractivity contribution >= 4 is 27.8 Å². The molecule has 6 heteroatoms. The molecule has 2 N–H and O–H groups in total. The van der Waals surface area contributed by atoms with Crippen LogP contribution in [0.5, 0.6) is 0 Å². The maximum Gasteiger partial charge on any atom is 0.328 e. The number of ether oxygens (including phenoxy) is 1. The third-order valence-corrected chi connectivity index (χ3v) is 2.66. The minimum absolute atomic E-state index is 0.0649. The normalized spacial score (nSPS) is 11.8. The average molecular weight is 316 g/mol. The van der Waals surface area contributed by atoms with Crippen LogP contribution in [0.15, 0.2) is 30.3 Å². The number of carboxylic acids is 1. The van der Waals surface area contributed by atoms with Crippen molar-refractivity contribution in [2.75, 3.05) is 11.9 Å². The minimum atomic E-state index is -1.11. The molecule has 0 bridgehead atoms. The highest BCUT2D eigenvalue weighted by Gasteiger charge is 2.19. The summed E-state index contributed by atoms with van der Waals surface area (Å²) in [6.45, 7) is 0.248. The Bertz CT molecular complexity index is 396. The Labute approximate surface area is 113 Å². The van der Waals surface area contributed by atoms with E-state index in [0.29, 0.717) is 6.61 Å². The summed E-state index contributed by atoms with van der Waals surface area (Å²) >= 11 is 2.95. The number of hydrogen-bond donors (Lipinski definition) is 2. The van der Waals surface area contributed by atoms with Gasteiger partial charge in [0, 0.05) is 0 Å². The number of carbonyl (C=O) groups excluding carboxylic acids is 1. The lowest BCUT2D eigenvalue weighted by atomic mass is 10.2. The van der Waals surface area contributed by atoms with E-state index in [0.717, 1.165) is 5.56 Å². The van der Waals surface area contributed by atoms with E-state index >= 15 is 0 Å². The summed E-state index contributed by atoms with van der Waals surface area (Å²) in [4.78, 5) is 22.0. The second-order valence-electron chi connectivity index (χ2n) is 3.59. The summed E-state index contributed by atoms with van der Waals surface area (Å²) in [5, 5.41) is 11.3. The Morgan fingerprint density at radius 2 is 2.00 bits per heavy atom. The summed E-state index contributed by atoms with van der Waals surface area (Å²) in [5.74, 6) is -1.50. The van der Waals surface area contributed by atoms with Crippen LogP contribution in [0.3, 0.4) is 0 Å². The molecule has 1 amide bonds. The first-order chi connectivity index (χ1) is 8.63. The molecular weight excluding hydrogens is 302 g/mol. The van der Waals surface area contributed by atoms with Crippen molar-refractivity contribution in [3.63, 3.8) is 0 Å². The number of halogens is 1. The summed E-state index contributed by atoms with van der Waals surface area (Å²) in [7, 11) is 0. The number of hydrogen-bond acceptors (Lipinski definition) is 3. The molecule has 98 valence electrons. The highest BCUT2D eigenvalue weighted by Crippen LogP contribution is 2.01. The van der Waals surface area contributed by atoms with Crippen molar-refractivity contribution in [2.24, 2.45) is 0 Å². The number of rotatable bonds is 7. The average Bonchev–Trinajstić information content (AvgIpc) is 2.38. The van der Waals surface area contributed by atoms with Crippen LogP contribution >= 0.6 is 15.9 Å². The highest BCUT2D eigenvalue weighted by molar-refractivity contribution is 9.09. The zero-order valence-corrected chi connectivity index (χ0v) is 11.2. The molecule has 0 aliphatic heterocycles. The van der Waals surface area contributed by atoms with Crippen LogP contribution in [0.4, 0.5) is 0 Å². The SMILES string of the molecule is O=C(CBr)NC(COCc1ccccc1)C(=O)O. The van der Waals surface area contributed by atoms with Crippen LogP contribution in [0.25, 0.3) is 0 Å². The quantitative estimate of drug-likeness (QED) is 0.741. The number of nitrogens with one attached hydrogen (secondary N) is 1. The Kier molecular flexibility index (Phi) is 6.38. The molecule has 1 rings (SSSR count). The van der Waals surface area contributed by atoms with Gasteiger partial charge < -0.3 is 15.2 Å². The molecule has 0 radical (unpaired) electrons. The summed E-state index contributed by atoms with van der Waals surface area (Å²) in [6.07, 6.45) is 0. The fourth-order valence-electron chi connectivity index (χ4n) is 1.28. The van der Waals surface area contributed by atoms with E-state index in [9.17, 15) is 9.59 Å². The molecule has 0 fully saturated rings. The van der Waals surface area contributed by atoms with Gasteiger partial charge in [0.2, 0.25) is 5.91 Å². The predicted molar refractivity (Wildman–Crippen MR) is 69.5 cm³/mol. The molecule has 0 spiro atoms. The second kappa shape index (κ2) is 7.84. The number of carbonyl (C=O) groups is 2. The van der Waals surface area contributed by atoms with Gasteiger partial charge in [0.15, 0.2) is 6.04 Å². The van der Waals surface area contributed by atoms with Crippen LogP contribution in [0.2, 0.25) is 0 Å². The monoisotopic (exact) mass is 315 g/mol. The van der Waals surface area contributed by atoms with Gasteiger partial charge in [0.25, 0.3) is 0 Å². The van der Waals surface area contributed by atoms with Crippen LogP contribution < -0.4 is 5.32 Å². The number of aliphatic carboxylic acids is 1. The van der Waals surface area contributed by atoms with E-state index < -0.39 is 12.0 Å². The minimum Gasteiger partial charge on any atom is -0.480 e. The molecule has 0 aliphatic rings. The lowest BCUT2D eigenvalue weighted by molar-refractivity contribution is -0.143. The van der Waals surface area contributed by atoms with Crippen molar-refractivity contribution in [2.45, 2.75) is 12.6 Å². The van der Waals surface area contributed by atoms with E-state index in [-0.39, 0.29) is 17.8 Å². The molecule has 1 aromatic rings.